The van der Waals surface area contributed by atoms with E-state index in [-0.39, 0.29) is 10.5 Å². The van der Waals surface area contributed by atoms with Crippen LogP contribution in [0.1, 0.15) is 5.56 Å². The molecule has 1 amide bonds. The second-order valence-corrected chi connectivity index (χ2v) is 5.29. The van der Waals surface area contributed by atoms with Crippen LogP contribution in [0.15, 0.2) is 29.2 Å². The fraction of sp³-hybridized carbons (Fsp3) is 0.200. The van der Waals surface area contributed by atoms with Crippen LogP contribution in [0, 0.1) is 5.41 Å². The van der Waals surface area contributed by atoms with Crippen LogP contribution in [-0.2, 0) is 14.8 Å². The number of carbonyl (C=O) groups is 1. The van der Waals surface area contributed by atoms with E-state index in [9.17, 15) is 13.2 Å². The van der Waals surface area contributed by atoms with Gasteiger partial charge in [-0.3, -0.25) is 5.41 Å². The Bertz CT molecular complexity index is 583. The van der Waals surface area contributed by atoms with Crippen LogP contribution >= 0.6 is 0 Å². The average Bonchev–Trinajstić information content (AvgIpc) is 2.36. The van der Waals surface area contributed by atoms with Crippen LogP contribution in [0.5, 0.6) is 0 Å². The van der Waals surface area contributed by atoms with Gasteiger partial charge in [-0.25, -0.2) is 17.5 Å². The van der Waals surface area contributed by atoms with E-state index < -0.39 is 22.0 Å². The fourth-order valence-corrected chi connectivity index (χ4v) is 2.56. The van der Waals surface area contributed by atoms with E-state index in [1.165, 1.54) is 18.2 Å². The van der Waals surface area contributed by atoms with E-state index in [0.717, 1.165) is 14.2 Å². The van der Waals surface area contributed by atoms with Gasteiger partial charge in [0.25, 0.3) is 10.0 Å². The van der Waals surface area contributed by atoms with Crippen molar-refractivity contribution >= 4 is 22.0 Å². The summed E-state index contributed by atoms with van der Waals surface area (Å²) in [7, 11) is -1.95. The molecule has 3 N–H and O–H groups in total. The number of amides is 1. The van der Waals surface area contributed by atoms with Gasteiger partial charge in [0.05, 0.1) is 12.0 Å². The maximum atomic E-state index is 12.1. The molecule has 18 heavy (non-hydrogen) atoms. The van der Waals surface area contributed by atoms with Gasteiger partial charge in [-0.05, 0) is 12.1 Å². The lowest BCUT2D eigenvalue weighted by atomic mass is 10.2. The number of methoxy groups -OCH3 is 1. The maximum absolute atomic E-state index is 12.1. The zero-order valence-corrected chi connectivity index (χ0v) is 10.7. The molecule has 1 aromatic carbocycles. The first-order valence-electron chi connectivity index (χ1n) is 4.82. The summed E-state index contributed by atoms with van der Waals surface area (Å²) in [5.74, 6) is -0.396. The summed E-state index contributed by atoms with van der Waals surface area (Å²) in [6.45, 7) is 0. The summed E-state index contributed by atoms with van der Waals surface area (Å²) >= 11 is 0. The third-order valence-corrected chi connectivity index (χ3v) is 4.03. The normalized spacial score (nSPS) is 10.8. The number of nitrogen functional groups attached to an aromatic ring is 1. The Morgan fingerprint density at radius 1 is 1.39 bits per heavy atom. The summed E-state index contributed by atoms with van der Waals surface area (Å²) in [6, 6.07) is 5.68. The smallest absolute Gasteiger partial charge is 0.423 e. The number of hydrogen-bond donors (Lipinski definition) is 2. The Morgan fingerprint density at radius 3 is 2.44 bits per heavy atom. The van der Waals surface area contributed by atoms with Gasteiger partial charge in [-0.1, -0.05) is 12.1 Å². The highest BCUT2D eigenvalue weighted by atomic mass is 32.2. The minimum Gasteiger partial charge on any atom is -0.452 e. The lowest BCUT2D eigenvalue weighted by Gasteiger charge is -2.17. The molecule has 0 aromatic heterocycles. The Labute approximate surface area is 105 Å². The third-order valence-electron chi connectivity index (χ3n) is 2.25. The summed E-state index contributed by atoms with van der Waals surface area (Å²) in [6.07, 6.45) is -1.02. The van der Waals surface area contributed by atoms with Crippen molar-refractivity contribution in [2.75, 3.05) is 14.2 Å². The topological polar surface area (TPSA) is 114 Å². The molecule has 0 unspecified atom stereocenters. The Balaban J connectivity index is 3.38. The Kier molecular flexibility index (Phi) is 3.92. The number of nitrogens with two attached hydrogens (primary N) is 1. The summed E-state index contributed by atoms with van der Waals surface area (Å²) in [5, 5.41) is 7.33. The first-order valence-corrected chi connectivity index (χ1v) is 6.26. The zero-order valence-electron chi connectivity index (χ0n) is 9.88. The number of amidine groups is 1. The number of nitrogens with zero attached hydrogens (tertiary/aromatic N) is 1. The number of benzene rings is 1. The van der Waals surface area contributed by atoms with Crippen molar-refractivity contribution in [3.8, 4) is 0 Å². The molecule has 0 aliphatic rings. The lowest BCUT2D eigenvalue weighted by molar-refractivity contribution is 0.154. The SMILES string of the molecule is COC(=O)N(C)S(=O)(=O)c1ccccc1C(=N)N. The van der Waals surface area contributed by atoms with Gasteiger partial charge >= 0.3 is 6.09 Å². The predicted molar refractivity (Wildman–Crippen MR) is 64.8 cm³/mol. The van der Waals surface area contributed by atoms with E-state index in [2.05, 4.69) is 4.74 Å². The highest BCUT2D eigenvalue weighted by Crippen LogP contribution is 2.19. The molecule has 0 spiro atoms. The highest BCUT2D eigenvalue weighted by molar-refractivity contribution is 7.89. The van der Waals surface area contributed by atoms with Crippen LogP contribution < -0.4 is 5.73 Å². The van der Waals surface area contributed by atoms with Gasteiger partial charge in [-0.15, -0.1) is 0 Å². The second-order valence-electron chi connectivity index (χ2n) is 3.35. The monoisotopic (exact) mass is 271 g/mol. The molecule has 8 heteroatoms. The van der Waals surface area contributed by atoms with Crippen molar-refractivity contribution in [3.63, 3.8) is 0 Å². The number of sulfonamides is 1. The van der Waals surface area contributed by atoms with Gasteiger partial charge < -0.3 is 10.5 Å². The molecule has 0 heterocycles. The van der Waals surface area contributed by atoms with E-state index in [4.69, 9.17) is 11.1 Å². The first kappa shape index (κ1) is 14.0. The molecular weight excluding hydrogens is 258 g/mol. The summed E-state index contributed by atoms with van der Waals surface area (Å²) in [4.78, 5) is 11.0. The number of nitrogens with one attached hydrogen (secondary N) is 1. The van der Waals surface area contributed by atoms with Crippen molar-refractivity contribution in [1.29, 1.82) is 5.41 Å². The third kappa shape index (κ3) is 2.43. The molecule has 0 saturated carbocycles. The molecule has 1 rings (SSSR count). The fourth-order valence-electron chi connectivity index (χ4n) is 1.29. The molecular formula is C10H13N3O4S. The van der Waals surface area contributed by atoms with Crippen molar-refractivity contribution in [2.24, 2.45) is 5.73 Å². The highest BCUT2D eigenvalue weighted by Gasteiger charge is 2.28. The van der Waals surface area contributed by atoms with Crippen molar-refractivity contribution in [3.05, 3.63) is 29.8 Å². The lowest BCUT2D eigenvalue weighted by Crippen LogP contribution is -2.34. The minimum absolute atomic E-state index is 0.0354. The van der Waals surface area contributed by atoms with Crippen LogP contribution in [0.25, 0.3) is 0 Å². The zero-order chi connectivity index (χ0) is 13.9. The molecule has 0 atom stereocenters. The standard InChI is InChI=1S/C10H13N3O4S/c1-13(10(14)17-2)18(15,16)8-6-4-3-5-7(8)9(11)12/h3-6H,1-2H3,(H3,11,12). The van der Waals surface area contributed by atoms with E-state index in [1.54, 1.807) is 6.07 Å². The largest absolute Gasteiger partial charge is 0.452 e. The van der Waals surface area contributed by atoms with Crippen LogP contribution in [0.2, 0.25) is 0 Å². The molecule has 0 aliphatic carbocycles. The predicted octanol–water partition coefficient (Wildman–Crippen LogP) is 0.358. The van der Waals surface area contributed by atoms with Crippen molar-refractivity contribution in [1.82, 2.24) is 4.31 Å². The van der Waals surface area contributed by atoms with Crippen LogP contribution in [-0.4, -0.2) is 38.8 Å². The average molecular weight is 271 g/mol. The summed E-state index contributed by atoms with van der Waals surface area (Å²) < 4.78 is 29.1. The molecule has 7 nitrogen and oxygen atoms in total. The number of carbonyl (C=O) groups excluding carboxylic acids is 1. The van der Waals surface area contributed by atoms with Crippen LogP contribution in [0.4, 0.5) is 4.79 Å². The van der Waals surface area contributed by atoms with E-state index in [1.807, 2.05) is 0 Å². The molecule has 0 aliphatic heterocycles. The minimum atomic E-state index is -4.09. The van der Waals surface area contributed by atoms with Gasteiger partial charge in [0.2, 0.25) is 0 Å². The quantitative estimate of drug-likeness (QED) is 0.608. The molecule has 1 aromatic rings. The Hall–Kier alpha value is -2.09. The molecule has 0 fully saturated rings. The van der Waals surface area contributed by atoms with E-state index >= 15 is 0 Å². The van der Waals surface area contributed by atoms with Gasteiger partial charge in [0.15, 0.2) is 0 Å². The number of rotatable bonds is 3. The second kappa shape index (κ2) is 5.05. The molecule has 0 bridgehead atoms. The van der Waals surface area contributed by atoms with Crippen molar-refractivity contribution < 1.29 is 17.9 Å². The molecule has 98 valence electrons. The molecule has 0 saturated heterocycles. The summed E-state index contributed by atoms with van der Waals surface area (Å²) in [5.41, 5.74) is 5.34. The van der Waals surface area contributed by atoms with Crippen molar-refractivity contribution in [2.45, 2.75) is 4.90 Å². The maximum Gasteiger partial charge on any atom is 0.423 e. The van der Waals surface area contributed by atoms with Gasteiger partial charge in [-0.2, -0.15) is 0 Å². The van der Waals surface area contributed by atoms with Gasteiger partial charge in [0.1, 0.15) is 5.84 Å². The number of hydrogen-bond acceptors (Lipinski definition) is 5. The number of ether oxygens (including phenoxy) is 1. The molecule has 0 radical (unpaired) electrons. The van der Waals surface area contributed by atoms with Crippen LogP contribution in [0.3, 0.4) is 0 Å². The van der Waals surface area contributed by atoms with E-state index in [0.29, 0.717) is 4.31 Å². The first-order chi connectivity index (χ1) is 8.32. The van der Waals surface area contributed by atoms with Gasteiger partial charge in [0, 0.05) is 12.6 Å². The Morgan fingerprint density at radius 2 is 1.94 bits per heavy atom.